The molecule has 0 bridgehead atoms. The Morgan fingerprint density at radius 1 is 0.975 bits per heavy atom. The number of hydrogen-bond donors (Lipinski definition) is 1. The van der Waals surface area contributed by atoms with Crippen molar-refractivity contribution >= 4 is 16.8 Å². The zero-order valence-corrected chi connectivity index (χ0v) is 23.8. The van der Waals surface area contributed by atoms with Gasteiger partial charge >= 0.3 is 0 Å². The molecule has 0 spiro atoms. The van der Waals surface area contributed by atoms with E-state index in [4.69, 9.17) is 4.74 Å². The highest BCUT2D eigenvalue weighted by molar-refractivity contribution is 5.86. The lowest BCUT2D eigenvalue weighted by molar-refractivity contribution is -0.138. The first kappa shape index (κ1) is 26.8. The lowest BCUT2D eigenvalue weighted by Gasteiger charge is -2.39. The van der Waals surface area contributed by atoms with Gasteiger partial charge < -0.3 is 19.5 Å². The summed E-state index contributed by atoms with van der Waals surface area (Å²) >= 11 is 0. The summed E-state index contributed by atoms with van der Waals surface area (Å²) in [6.07, 6.45) is 5.44. The van der Waals surface area contributed by atoms with Crippen LogP contribution in [-0.2, 0) is 22.6 Å². The summed E-state index contributed by atoms with van der Waals surface area (Å²) in [7, 11) is 1.75. The van der Waals surface area contributed by atoms with Crippen LogP contribution in [0.15, 0.2) is 85.1 Å². The first-order valence-electron chi connectivity index (χ1n) is 14.9. The molecule has 208 valence electrons. The van der Waals surface area contributed by atoms with E-state index in [1.165, 1.54) is 33.2 Å². The van der Waals surface area contributed by atoms with Gasteiger partial charge in [-0.3, -0.25) is 4.79 Å². The van der Waals surface area contributed by atoms with Crippen LogP contribution in [0, 0.1) is 11.8 Å². The van der Waals surface area contributed by atoms with E-state index in [-0.39, 0.29) is 11.8 Å². The molecule has 1 aliphatic heterocycles. The number of nitrogens with one attached hydrogen (secondary N) is 1. The van der Waals surface area contributed by atoms with Gasteiger partial charge in [-0.05, 0) is 60.0 Å². The van der Waals surface area contributed by atoms with E-state index in [1.807, 2.05) is 0 Å². The van der Waals surface area contributed by atoms with Crippen LogP contribution in [0.4, 0.5) is 0 Å². The van der Waals surface area contributed by atoms with Crippen LogP contribution in [0.5, 0.6) is 0 Å². The molecule has 1 aliphatic carbocycles. The zero-order chi connectivity index (χ0) is 27.5. The fourth-order valence-corrected chi connectivity index (χ4v) is 6.66. The minimum absolute atomic E-state index is 0.0783. The monoisotopic (exact) mass is 535 g/mol. The third kappa shape index (κ3) is 5.59. The van der Waals surface area contributed by atoms with Crippen molar-refractivity contribution in [1.29, 1.82) is 0 Å². The molecule has 2 aliphatic rings. The predicted octanol–water partition coefficient (Wildman–Crippen LogP) is 6.48. The molecule has 1 saturated carbocycles. The molecule has 0 radical (unpaired) electrons. The molecule has 2 heterocycles. The Labute approximate surface area is 238 Å². The van der Waals surface area contributed by atoms with Crippen LogP contribution in [0.1, 0.15) is 43.2 Å². The van der Waals surface area contributed by atoms with Gasteiger partial charge in [0.2, 0.25) is 5.91 Å². The molecule has 3 atom stereocenters. The smallest absolute Gasteiger partial charge is 0.228 e. The standard InChI is InChI=1S/C35H41N3O2/c1-25-21-36-22-32(34(25)28-13-8-12-27(20-28)26-10-4-3-5-11-26)35(39)38(30-16-17-30)24-29-23-37(18-9-19-40-2)33-15-7-6-14-31(29)33/h3-8,10-15,20,23,25,30,32,34,36H,9,16-19,21-22,24H2,1-2H3/t25-,32+,34-/m1/s1. The van der Waals surface area contributed by atoms with E-state index in [0.29, 0.717) is 24.4 Å². The largest absolute Gasteiger partial charge is 0.385 e. The average Bonchev–Trinajstić information content (AvgIpc) is 3.78. The quantitative estimate of drug-likeness (QED) is 0.237. The van der Waals surface area contributed by atoms with Gasteiger partial charge in [-0.2, -0.15) is 0 Å². The topological polar surface area (TPSA) is 46.5 Å². The van der Waals surface area contributed by atoms with Crippen LogP contribution >= 0.6 is 0 Å². The Kier molecular flexibility index (Phi) is 8.03. The number of benzene rings is 3. The molecule has 2 fully saturated rings. The maximum Gasteiger partial charge on any atom is 0.228 e. The van der Waals surface area contributed by atoms with E-state index < -0.39 is 0 Å². The highest BCUT2D eigenvalue weighted by atomic mass is 16.5. The van der Waals surface area contributed by atoms with E-state index >= 15 is 0 Å². The maximum atomic E-state index is 14.5. The van der Waals surface area contributed by atoms with E-state index in [0.717, 1.165) is 45.5 Å². The molecular weight excluding hydrogens is 494 g/mol. The molecule has 1 N–H and O–H groups in total. The molecule has 6 rings (SSSR count). The third-order valence-corrected chi connectivity index (χ3v) is 8.80. The van der Waals surface area contributed by atoms with Gasteiger partial charge in [-0.15, -0.1) is 0 Å². The first-order chi connectivity index (χ1) is 19.6. The summed E-state index contributed by atoms with van der Waals surface area (Å²) in [6.45, 7) is 6.28. The number of ether oxygens (including phenoxy) is 1. The number of aromatic nitrogens is 1. The molecule has 3 aromatic carbocycles. The SMILES string of the molecule is COCCCn1cc(CN(C(=O)[C@H]2CNC[C@@H](C)[C@@H]2c2cccc(-c3ccccc3)c2)C2CC2)c2ccccc21. The van der Waals surface area contributed by atoms with Crippen molar-refractivity contribution in [2.24, 2.45) is 11.8 Å². The lowest BCUT2D eigenvalue weighted by Crippen LogP contribution is -2.49. The second kappa shape index (κ2) is 12.0. The summed E-state index contributed by atoms with van der Waals surface area (Å²) in [4.78, 5) is 16.7. The minimum Gasteiger partial charge on any atom is -0.385 e. The highest BCUT2D eigenvalue weighted by Gasteiger charge is 2.42. The Morgan fingerprint density at radius 3 is 2.55 bits per heavy atom. The molecule has 1 amide bonds. The summed E-state index contributed by atoms with van der Waals surface area (Å²) < 4.78 is 7.64. The van der Waals surface area contributed by atoms with Crippen LogP contribution in [-0.4, -0.2) is 48.2 Å². The third-order valence-electron chi connectivity index (χ3n) is 8.80. The predicted molar refractivity (Wildman–Crippen MR) is 162 cm³/mol. The fraction of sp³-hybridized carbons (Fsp3) is 0.400. The molecule has 4 aromatic rings. The first-order valence-corrected chi connectivity index (χ1v) is 14.9. The second-order valence-electron chi connectivity index (χ2n) is 11.7. The lowest BCUT2D eigenvalue weighted by atomic mass is 9.74. The van der Waals surface area contributed by atoms with E-state index in [2.05, 4.69) is 107 Å². The highest BCUT2D eigenvalue weighted by Crippen LogP contribution is 2.40. The van der Waals surface area contributed by atoms with Crippen molar-refractivity contribution in [3.8, 4) is 11.1 Å². The molecule has 40 heavy (non-hydrogen) atoms. The summed E-state index contributed by atoms with van der Waals surface area (Å²) in [6, 6.07) is 28.4. The van der Waals surface area contributed by atoms with Gasteiger partial charge in [-0.1, -0.05) is 79.7 Å². The maximum absolute atomic E-state index is 14.5. The molecule has 1 aromatic heterocycles. The van der Waals surface area contributed by atoms with Gasteiger partial charge in [0.25, 0.3) is 0 Å². The number of amides is 1. The molecular formula is C35H41N3O2. The molecule has 5 heteroatoms. The van der Waals surface area contributed by atoms with Crippen LogP contribution in [0.25, 0.3) is 22.0 Å². The zero-order valence-electron chi connectivity index (χ0n) is 23.8. The van der Waals surface area contributed by atoms with Crippen molar-refractivity contribution in [1.82, 2.24) is 14.8 Å². The van der Waals surface area contributed by atoms with E-state index in [9.17, 15) is 4.79 Å². The number of methoxy groups -OCH3 is 1. The molecule has 1 saturated heterocycles. The number of rotatable bonds is 10. The van der Waals surface area contributed by atoms with Gasteiger partial charge in [0.05, 0.1) is 5.92 Å². The number of nitrogens with zero attached hydrogens (tertiary/aromatic N) is 2. The number of carbonyl (C=O) groups is 1. The number of hydrogen-bond acceptors (Lipinski definition) is 3. The summed E-state index contributed by atoms with van der Waals surface area (Å²) in [5.74, 6) is 0.782. The molecule has 5 nitrogen and oxygen atoms in total. The Hall–Kier alpha value is -3.41. The van der Waals surface area contributed by atoms with Crippen molar-refractivity contribution < 1.29 is 9.53 Å². The number of para-hydroxylation sites is 1. The Bertz CT molecular complexity index is 1440. The van der Waals surface area contributed by atoms with Crippen LogP contribution < -0.4 is 5.32 Å². The fourth-order valence-electron chi connectivity index (χ4n) is 6.66. The van der Waals surface area contributed by atoms with Gasteiger partial charge in [-0.25, -0.2) is 0 Å². The van der Waals surface area contributed by atoms with Crippen LogP contribution in [0.2, 0.25) is 0 Å². The number of carbonyl (C=O) groups excluding carboxylic acids is 1. The minimum atomic E-state index is -0.0783. The number of aryl methyl sites for hydroxylation is 1. The van der Waals surface area contributed by atoms with Crippen molar-refractivity contribution in [3.05, 3.63) is 96.2 Å². The van der Waals surface area contributed by atoms with Gasteiger partial charge in [0, 0.05) is 62.4 Å². The number of piperidine rings is 1. The van der Waals surface area contributed by atoms with Crippen molar-refractivity contribution in [3.63, 3.8) is 0 Å². The normalized spacial score (nSPS) is 21.0. The second-order valence-corrected chi connectivity index (χ2v) is 11.7. The summed E-state index contributed by atoms with van der Waals surface area (Å²) in [5.41, 5.74) is 6.19. The summed E-state index contributed by atoms with van der Waals surface area (Å²) in [5, 5.41) is 4.84. The van der Waals surface area contributed by atoms with Crippen LogP contribution in [0.3, 0.4) is 0 Å². The average molecular weight is 536 g/mol. The van der Waals surface area contributed by atoms with Crippen molar-refractivity contribution in [2.45, 2.75) is 51.2 Å². The Balaban J connectivity index is 1.29. The van der Waals surface area contributed by atoms with Crippen molar-refractivity contribution in [2.75, 3.05) is 26.8 Å². The van der Waals surface area contributed by atoms with Gasteiger partial charge in [0.15, 0.2) is 0 Å². The number of fused-ring (bicyclic) bond motifs is 1. The van der Waals surface area contributed by atoms with Gasteiger partial charge in [0.1, 0.15) is 0 Å². The van der Waals surface area contributed by atoms with E-state index in [1.54, 1.807) is 7.11 Å². The Morgan fingerprint density at radius 2 is 1.75 bits per heavy atom. The molecule has 0 unspecified atom stereocenters.